The summed E-state index contributed by atoms with van der Waals surface area (Å²) in [5.74, 6) is -0.207. The minimum atomic E-state index is -3.25. The van der Waals surface area contributed by atoms with Crippen molar-refractivity contribution in [2.75, 3.05) is 11.9 Å². The number of benzene rings is 1. The number of rotatable bonds is 6. The van der Waals surface area contributed by atoms with Crippen LogP contribution < -0.4 is 5.32 Å². The highest BCUT2D eigenvalue weighted by molar-refractivity contribution is 7.91. The fourth-order valence-corrected chi connectivity index (χ4v) is 3.31. The lowest BCUT2D eigenvalue weighted by Gasteiger charge is -2.19. The highest BCUT2D eigenvalue weighted by atomic mass is 32.2. The highest BCUT2D eigenvalue weighted by Gasteiger charge is 2.43. The molecule has 1 fully saturated rings. The third-order valence-corrected chi connectivity index (χ3v) is 6.51. The molecule has 2 rings (SSSR count). The molecule has 2 atom stereocenters. The van der Waals surface area contributed by atoms with Gasteiger partial charge >= 0.3 is 0 Å². The number of carbonyl (C=O) groups excluding carboxylic acids is 1. The number of hydrogen-bond acceptors (Lipinski definition) is 4. The second kappa shape index (κ2) is 6.61. The predicted molar refractivity (Wildman–Crippen MR) is 91.0 cm³/mol. The second-order valence-corrected chi connectivity index (χ2v) is 9.64. The molecule has 0 heterocycles. The summed E-state index contributed by atoms with van der Waals surface area (Å²) in [7, 11) is -3.25. The van der Waals surface area contributed by atoms with E-state index in [-0.39, 0.29) is 23.7 Å². The molecule has 1 aliphatic carbocycles. The van der Waals surface area contributed by atoms with Crippen molar-refractivity contribution in [1.29, 1.82) is 0 Å². The number of nitrogens with one attached hydrogen (secondary N) is 1. The maximum atomic E-state index is 12.3. The molecule has 1 N–H and O–H groups in total. The van der Waals surface area contributed by atoms with E-state index in [1.54, 1.807) is 45.0 Å². The summed E-state index contributed by atoms with van der Waals surface area (Å²) in [6, 6.07) is 7.01. The SMILES string of the molecule is CCO[C@@H]1C[C@H]1C(=O)Nc1cccc(CS(=O)(=O)C(C)(C)C)c1. The molecule has 0 radical (unpaired) electrons. The van der Waals surface area contributed by atoms with E-state index in [0.29, 0.717) is 17.9 Å². The smallest absolute Gasteiger partial charge is 0.230 e. The fourth-order valence-electron chi connectivity index (χ4n) is 2.26. The van der Waals surface area contributed by atoms with Gasteiger partial charge in [-0.1, -0.05) is 12.1 Å². The van der Waals surface area contributed by atoms with Crippen molar-refractivity contribution in [3.63, 3.8) is 0 Å². The van der Waals surface area contributed by atoms with Gasteiger partial charge < -0.3 is 10.1 Å². The van der Waals surface area contributed by atoms with Gasteiger partial charge in [0, 0.05) is 12.3 Å². The van der Waals surface area contributed by atoms with E-state index in [1.807, 2.05) is 6.92 Å². The molecule has 0 aromatic heterocycles. The molecule has 1 aromatic rings. The Morgan fingerprint density at radius 2 is 2.04 bits per heavy atom. The molecule has 6 heteroatoms. The molecule has 1 aromatic carbocycles. The van der Waals surface area contributed by atoms with Crippen molar-refractivity contribution < 1.29 is 17.9 Å². The summed E-state index contributed by atoms with van der Waals surface area (Å²) in [6.45, 7) is 7.58. The molecule has 1 saturated carbocycles. The minimum Gasteiger partial charge on any atom is -0.378 e. The summed E-state index contributed by atoms with van der Waals surface area (Å²) in [5, 5.41) is 2.84. The van der Waals surface area contributed by atoms with E-state index in [0.717, 1.165) is 6.42 Å². The minimum absolute atomic E-state index is 0.0180. The van der Waals surface area contributed by atoms with Gasteiger partial charge in [-0.3, -0.25) is 4.79 Å². The molecule has 128 valence electrons. The first-order chi connectivity index (χ1) is 10.6. The quantitative estimate of drug-likeness (QED) is 0.865. The lowest BCUT2D eigenvalue weighted by Crippen LogP contribution is -2.29. The molecular formula is C17H25NO4S. The largest absolute Gasteiger partial charge is 0.378 e. The molecule has 0 saturated heterocycles. The summed E-state index contributed by atoms with van der Waals surface area (Å²) >= 11 is 0. The second-order valence-electron chi connectivity index (χ2n) is 6.90. The Balaban J connectivity index is 2.02. The topological polar surface area (TPSA) is 72.5 Å². The Labute approximate surface area is 138 Å². The first-order valence-corrected chi connectivity index (χ1v) is 9.53. The van der Waals surface area contributed by atoms with Gasteiger partial charge in [0.25, 0.3) is 0 Å². The highest BCUT2D eigenvalue weighted by Crippen LogP contribution is 2.34. The van der Waals surface area contributed by atoms with Gasteiger partial charge in [-0.2, -0.15) is 0 Å². The van der Waals surface area contributed by atoms with Crippen molar-refractivity contribution >= 4 is 21.4 Å². The maximum absolute atomic E-state index is 12.3. The zero-order chi connectivity index (χ0) is 17.3. The van der Waals surface area contributed by atoms with Crippen molar-refractivity contribution in [2.45, 2.75) is 50.7 Å². The Morgan fingerprint density at radius 3 is 2.65 bits per heavy atom. The van der Waals surface area contributed by atoms with Gasteiger partial charge in [0.2, 0.25) is 5.91 Å². The monoisotopic (exact) mass is 339 g/mol. The Hall–Kier alpha value is -1.40. The average molecular weight is 339 g/mol. The number of carbonyl (C=O) groups is 1. The number of hydrogen-bond donors (Lipinski definition) is 1. The third-order valence-electron chi connectivity index (χ3n) is 3.93. The van der Waals surface area contributed by atoms with Gasteiger partial charge in [0.15, 0.2) is 9.84 Å². The molecule has 0 aliphatic heterocycles. The molecule has 0 unspecified atom stereocenters. The number of sulfone groups is 1. The van der Waals surface area contributed by atoms with Crippen LogP contribution in [0.25, 0.3) is 0 Å². The molecule has 5 nitrogen and oxygen atoms in total. The molecule has 1 amide bonds. The van der Waals surface area contributed by atoms with Crippen LogP contribution >= 0.6 is 0 Å². The van der Waals surface area contributed by atoms with E-state index in [4.69, 9.17) is 4.74 Å². The lowest BCUT2D eigenvalue weighted by molar-refractivity contribution is -0.118. The van der Waals surface area contributed by atoms with Crippen LogP contribution in [0, 0.1) is 5.92 Å². The van der Waals surface area contributed by atoms with E-state index in [9.17, 15) is 13.2 Å². The van der Waals surface area contributed by atoms with Gasteiger partial charge in [-0.25, -0.2) is 8.42 Å². The van der Waals surface area contributed by atoms with Crippen LogP contribution in [-0.4, -0.2) is 31.8 Å². The number of ether oxygens (including phenoxy) is 1. The summed E-state index contributed by atoms with van der Waals surface area (Å²) in [5.41, 5.74) is 1.30. The van der Waals surface area contributed by atoms with E-state index in [2.05, 4.69) is 5.32 Å². The van der Waals surface area contributed by atoms with Crippen molar-refractivity contribution in [3.05, 3.63) is 29.8 Å². The van der Waals surface area contributed by atoms with Gasteiger partial charge in [-0.05, 0) is 51.8 Å². The Kier molecular flexibility index (Phi) is 5.16. The summed E-state index contributed by atoms with van der Waals surface area (Å²) < 4.78 is 29.2. The van der Waals surface area contributed by atoms with Crippen LogP contribution in [0.3, 0.4) is 0 Å². The van der Waals surface area contributed by atoms with Gasteiger partial charge in [0.1, 0.15) is 0 Å². The van der Waals surface area contributed by atoms with Crippen LogP contribution in [0.4, 0.5) is 5.69 Å². The Bertz CT molecular complexity index is 676. The van der Waals surface area contributed by atoms with E-state index >= 15 is 0 Å². The first kappa shape index (κ1) is 17.9. The van der Waals surface area contributed by atoms with Crippen molar-refractivity contribution in [3.8, 4) is 0 Å². The molecule has 0 bridgehead atoms. The summed E-state index contributed by atoms with van der Waals surface area (Å²) in [6.07, 6.45) is 0.766. The van der Waals surface area contributed by atoms with Crippen LogP contribution in [0.15, 0.2) is 24.3 Å². The fraction of sp³-hybridized carbons (Fsp3) is 0.588. The van der Waals surface area contributed by atoms with Crippen LogP contribution in [0.5, 0.6) is 0 Å². The van der Waals surface area contributed by atoms with E-state index in [1.165, 1.54) is 0 Å². The van der Waals surface area contributed by atoms with Crippen LogP contribution in [0.2, 0.25) is 0 Å². The lowest BCUT2D eigenvalue weighted by atomic mass is 10.2. The maximum Gasteiger partial charge on any atom is 0.230 e. The average Bonchev–Trinajstić information content (AvgIpc) is 3.17. The van der Waals surface area contributed by atoms with Crippen molar-refractivity contribution in [2.24, 2.45) is 5.92 Å². The van der Waals surface area contributed by atoms with Gasteiger partial charge in [0.05, 0.1) is 22.5 Å². The number of amides is 1. The third kappa shape index (κ3) is 4.54. The van der Waals surface area contributed by atoms with Crippen LogP contribution in [0.1, 0.15) is 39.7 Å². The standard InChI is InChI=1S/C17H25NO4S/c1-5-22-15-10-14(15)16(19)18-13-8-6-7-12(9-13)11-23(20,21)17(2,3)4/h6-9,14-15H,5,10-11H2,1-4H3,(H,18,19)/t14-,15-/m1/s1. The van der Waals surface area contributed by atoms with E-state index < -0.39 is 14.6 Å². The van der Waals surface area contributed by atoms with Gasteiger partial charge in [-0.15, -0.1) is 0 Å². The molecule has 0 spiro atoms. The molecule has 23 heavy (non-hydrogen) atoms. The normalized spacial score (nSPS) is 21.0. The van der Waals surface area contributed by atoms with Crippen LogP contribution in [-0.2, 0) is 25.1 Å². The Morgan fingerprint density at radius 1 is 1.35 bits per heavy atom. The van der Waals surface area contributed by atoms with Crippen molar-refractivity contribution in [1.82, 2.24) is 0 Å². The predicted octanol–water partition coefficient (Wildman–Crippen LogP) is 2.76. The number of anilines is 1. The zero-order valence-corrected chi connectivity index (χ0v) is 14.9. The zero-order valence-electron chi connectivity index (χ0n) is 14.1. The molecular weight excluding hydrogens is 314 g/mol. The summed E-state index contributed by atoms with van der Waals surface area (Å²) in [4.78, 5) is 12.1. The first-order valence-electron chi connectivity index (χ1n) is 7.88. The molecule has 1 aliphatic rings.